The highest BCUT2D eigenvalue weighted by Gasteiger charge is 2.26. The molecule has 37 heavy (non-hydrogen) atoms. The number of methoxy groups -OCH3 is 1. The lowest BCUT2D eigenvalue weighted by atomic mass is 10.0. The molecular formula is C28H31N3O6. The number of carbonyl (C=O) groups excluding carboxylic acids is 2. The Balaban J connectivity index is 1.79. The molecule has 2 atom stereocenters. The molecule has 194 valence electrons. The maximum absolute atomic E-state index is 12.8. The summed E-state index contributed by atoms with van der Waals surface area (Å²) in [4.78, 5) is 25.3. The molecule has 0 aliphatic rings. The summed E-state index contributed by atoms with van der Waals surface area (Å²) in [7, 11) is 1.45. The van der Waals surface area contributed by atoms with E-state index in [-0.39, 0.29) is 13.2 Å². The minimum atomic E-state index is -0.895. The number of hydrogen-bond acceptors (Lipinski definition) is 7. The molecule has 0 saturated carbocycles. The van der Waals surface area contributed by atoms with Crippen molar-refractivity contribution in [2.45, 2.75) is 19.1 Å². The average Bonchev–Trinajstić information content (AvgIpc) is 2.90. The van der Waals surface area contributed by atoms with E-state index >= 15 is 0 Å². The van der Waals surface area contributed by atoms with Crippen LogP contribution in [0.25, 0.3) is 0 Å². The van der Waals surface area contributed by atoms with Gasteiger partial charge in [-0.2, -0.15) is 0 Å². The number of amides is 2. The molecule has 0 aromatic heterocycles. The van der Waals surface area contributed by atoms with Crippen molar-refractivity contribution in [1.29, 1.82) is 0 Å². The molecule has 0 heterocycles. The minimum absolute atomic E-state index is 0.111. The number of aliphatic hydroxyl groups is 1. The smallest absolute Gasteiger partial charge is 0.412 e. The standard InChI is InChI=1S/C28H31N3O6/c1-19-7-11-21(12-8-19)30-28(34)37-27(20-9-13-22(14-10-20)36-18-17-32)25(35-2)15-16-26(33)31-24-6-4-3-5-23(24)29/h3-16,25,27,32H,17-18,29H2,1-2H3,(H,30,34)(H,31,33)/b16-15+/t25-,27-/m1/s1. The summed E-state index contributed by atoms with van der Waals surface area (Å²) >= 11 is 0. The Morgan fingerprint density at radius 2 is 1.70 bits per heavy atom. The molecule has 0 unspecified atom stereocenters. The molecule has 0 saturated heterocycles. The van der Waals surface area contributed by atoms with Gasteiger partial charge < -0.3 is 30.4 Å². The molecular weight excluding hydrogens is 474 g/mol. The van der Waals surface area contributed by atoms with Gasteiger partial charge >= 0.3 is 6.09 Å². The van der Waals surface area contributed by atoms with Crippen LogP contribution in [0.5, 0.6) is 5.75 Å². The Bertz CT molecular complexity index is 1200. The number of anilines is 3. The lowest BCUT2D eigenvalue weighted by Gasteiger charge is -2.24. The van der Waals surface area contributed by atoms with Crippen molar-refractivity contribution < 1.29 is 28.9 Å². The monoisotopic (exact) mass is 505 g/mol. The molecule has 0 spiro atoms. The zero-order valence-electron chi connectivity index (χ0n) is 20.7. The van der Waals surface area contributed by atoms with Crippen molar-refractivity contribution in [2.75, 3.05) is 36.7 Å². The first-order chi connectivity index (χ1) is 17.9. The first-order valence-electron chi connectivity index (χ1n) is 11.6. The Hall–Kier alpha value is -4.34. The number of rotatable bonds is 11. The maximum atomic E-state index is 12.8. The molecule has 0 fully saturated rings. The molecule has 0 aliphatic carbocycles. The molecule has 3 rings (SSSR count). The third-order valence-electron chi connectivity index (χ3n) is 5.33. The van der Waals surface area contributed by atoms with Crippen LogP contribution >= 0.6 is 0 Å². The predicted octanol–water partition coefficient (Wildman–Crippen LogP) is 4.45. The van der Waals surface area contributed by atoms with Crippen molar-refractivity contribution in [2.24, 2.45) is 0 Å². The van der Waals surface area contributed by atoms with Gasteiger partial charge in [0.05, 0.1) is 18.0 Å². The predicted molar refractivity (Wildman–Crippen MR) is 142 cm³/mol. The van der Waals surface area contributed by atoms with E-state index < -0.39 is 24.2 Å². The largest absolute Gasteiger partial charge is 0.491 e. The van der Waals surface area contributed by atoms with E-state index in [1.165, 1.54) is 19.3 Å². The fourth-order valence-electron chi connectivity index (χ4n) is 3.41. The van der Waals surface area contributed by atoms with Gasteiger partial charge in [0.15, 0.2) is 6.10 Å². The molecule has 3 aromatic carbocycles. The van der Waals surface area contributed by atoms with Gasteiger partial charge in [0.1, 0.15) is 18.5 Å². The van der Waals surface area contributed by atoms with Crippen LogP contribution in [0.2, 0.25) is 0 Å². The normalized spacial score (nSPS) is 12.5. The number of hydrogen-bond donors (Lipinski definition) is 4. The molecule has 9 nitrogen and oxygen atoms in total. The van der Waals surface area contributed by atoms with E-state index in [1.54, 1.807) is 60.7 Å². The van der Waals surface area contributed by atoms with Crippen LogP contribution < -0.4 is 21.1 Å². The molecule has 9 heteroatoms. The van der Waals surface area contributed by atoms with Gasteiger partial charge in [0.25, 0.3) is 0 Å². The van der Waals surface area contributed by atoms with Crippen molar-refractivity contribution in [1.82, 2.24) is 0 Å². The SMILES string of the molecule is CO[C@H](/C=C/C(=O)Nc1ccccc1N)[C@H](OC(=O)Nc1ccc(C)cc1)c1ccc(OCCO)cc1. The van der Waals surface area contributed by atoms with Crippen LogP contribution in [0.3, 0.4) is 0 Å². The van der Waals surface area contributed by atoms with Crippen LogP contribution in [0.1, 0.15) is 17.2 Å². The number of carbonyl (C=O) groups is 2. The Morgan fingerprint density at radius 3 is 2.35 bits per heavy atom. The highest BCUT2D eigenvalue weighted by molar-refractivity contribution is 6.01. The third kappa shape index (κ3) is 8.38. The quantitative estimate of drug-likeness (QED) is 0.224. The zero-order valence-corrected chi connectivity index (χ0v) is 20.7. The fourth-order valence-corrected chi connectivity index (χ4v) is 3.41. The van der Waals surface area contributed by atoms with Crippen LogP contribution in [-0.4, -0.2) is 43.5 Å². The molecule has 3 aromatic rings. The van der Waals surface area contributed by atoms with Gasteiger partial charge in [-0.25, -0.2) is 4.79 Å². The highest BCUT2D eigenvalue weighted by Crippen LogP contribution is 2.27. The van der Waals surface area contributed by atoms with E-state index in [2.05, 4.69) is 10.6 Å². The second-order valence-corrected chi connectivity index (χ2v) is 8.09. The maximum Gasteiger partial charge on any atom is 0.412 e. The number of nitrogen functional groups attached to an aromatic ring is 1. The summed E-state index contributed by atoms with van der Waals surface area (Å²) in [6, 6.07) is 21.0. The second kappa shape index (κ2) is 13.7. The summed E-state index contributed by atoms with van der Waals surface area (Å²) in [6.45, 7) is 1.99. The summed E-state index contributed by atoms with van der Waals surface area (Å²) in [5.41, 5.74) is 9.05. The number of para-hydroxylation sites is 2. The average molecular weight is 506 g/mol. The minimum Gasteiger partial charge on any atom is -0.491 e. The Kier molecular flexibility index (Phi) is 10.1. The number of benzene rings is 3. The first-order valence-corrected chi connectivity index (χ1v) is 11.6. The molecule has 0 aliphatic heterocycles. The molecule has 5 N–H and O–H groups in total. The van der Waals surface area contributed by atoms with Crippen molar-refractivity contribution in [3.05, 3.63) is 96.1 Å². The molecule has 2 amide bonds. The topological polar surface area (TPSA) is 132 Å². The first kappa shape index (κ1) is 27.3. The van der Waals surface area contributed by atoms with Crippen LogP contribution in [0, 0.1) is 6.92 Å². The third-order valence-corrected chi connectivity index (χ3v) is 5.33. The van der Waals surface area contributed by atoms with Crippen LogP contribution in [0.4, 0.5) is 21.9 Å². The lowest BCUT2D eigenvalue weighted by molar-refractivity contribution is -0.112. The van der Waals surface area contributed by atoms with Gasteiger partial charge in [-0.3, -0.25) is 10.1 Å². The summed E-state index contributed by atoms with van der Waals surface area (Å²) in [5, 5.41) is 14.4. The number of aryl methyl sites for hydroxylation is 1. The van der Waals surface area contributed by atoms with E-state index in [1.807, 2.05) is 19.1 Å². The number of nitrogens with one attached hydrogen (secondary N) is 2. The van der Waals surface area contributed by atoms with Crippen LogP contribution in [0.15, 0.2) is 84.9 Å². The van der Waals surface area contributed by atoms with Gasteiger partial charge in [-0.1, -0.05) is 42.0 Å². The summed E-state index contributed by atoms with van der Waals surface area (Å²) in [5.74, 6) is 0.126. The Morgan fingerprint density at radius 1 is 1.00 bits per heavy atom. The van der Waals surface area contributed by atoms with Crippen molar-refractivity contribution in [3.63, 3.8) is 0 Å². The lowest BCUT2D eigenvalue weighted by Crippen LogP contribution is -2.27. The van der Waals surface area contributed by atoms with Crippen LogP contribution in [-0.2, 0) is 14.3 Å². The van der Waals surface area contributed by atoms with E-state index in [0.717, 1.165) is 5.56 Å². The van der Waals surface area contributed by atoms with E-state index in [9.17, 15) is 9.59 Å². The molecule has 0 radical (unpaired) electrons. The molecule has 0 bridgehead atoms. The van der Waals surface area contributed by atoms with E-state index in [0.29, 0.717) is 28.4 Å². The zero-order chi connectivity index (χ0) is 26.6. The summed E-state index contributed by atoms with van der Waals surface area (Å²) in [6.07, 6.45) is 0.425. The number of aliphatic hydroxyl groups excluding tert-OH is 1. The van der Waals surface area contributed by atoms with Crippen molar-refractivity contribution in [3.8, 4) is 5.75 Å². The van der Waals surface area contributed by atoms with Gasteiger partial charge in [0, 0.05) is 18.9 Å². The highest BCUT2D eigenvalue weighted by atomic mass is 16.6. The fraction of sp³-hybridized carbons (Fsp3) is 0.214. The second-order valence-electron chi connectivity index (χ2n) is 8.09. The van der Waals surface area contributed by atoms with Crippen molar-refractivity contribution >= 4 is 29.1 Å². The van der Waals surface area contributed by atoms with Gasteiger partial charge in [-0.15, -0.1) is 0 Å². The Labute approximate surface area is 215 Å². The van der Waals surface area contributed by atoms with Gasteiger partial charge in [0.2, 0.25) is 5.91 Å². The summed E-state index contributed by atoms with van der Waals surface area (Å²) < 4.78 is 16.8. The number of ether oxygens (including phenoxy) is 3. The van der Waals surface area contributed by atoms with Gasteiger partial charge in [-0.05, 0) is 55.0 Å². The number of nitrogens with two attached hydrogens (primary N) is 1. The van der Waals surface area contributed by atoms with E-state index in [4.69, 9.17) is 25.1 Å².